The zero-order valence-corrected chi connectivity index (χ0v) is 12.2. The van der Waals surface area contributed by atoms with Crippen LogP contribution in [0.4, 0.5) is 0 Å². The van der Waals surface area contributed by atoms with Crippen LogP contribution in [-0.2, 0) is 16.0 Å². The van der Waals surface area contributed by atoms with Crippen LogP contribution in [-0.4, -0.2) is 35.0 Å². The third-order valence-electron chi connectivity index (χ3n) is 5.26. The number of likely N-dealkylation sites (tertiary alicyclic amines) is 1. The van der Waals surface area contributed by atoms with Crippen molar-refractivity contribution in [3.8, 4) is 0 Å². The van der Waals surface area contributed by atoms with Gasteiger partial charge in [0.1, 0.15) is 0 Å². The molecule has 1 N–H and O–H groups in total. The van der Waals surface area contributed by atoms with Crippen LogP contribution in [0.3, 0.4) is 0 Å². The minimum absolute atomic E-state index is 0.0449. The second-order valence-corrected chi connectivity index (χ2v) is 6.74. The maximum absolute atomic E-state index is 12.6. The third-order valence-corrected chi connectivity index (χ3v) is 5.61. The molecule has 4 nitrogen and oxygen atoms in total. The van der Waals surface area contributed by atoms with Gasteiger partial charge in [-0.1, -0.05) is 23.7 Å². The SMILES string of the molecule is O=C(O)C1CCN(C(=O)C2C3Cc4c(Cl)cccc4C32)C1. The number of benzene rings is 1. The first-order chi connectivity index (χ1) is 10.1. The Hall–Kier alpha value is -1.55. The van der Waals surface area contributed by atoms with Crippen molar-refractivity contribution < 1.29 is 14.7 Å². The number of hydrogen-bond acceptors (Lipinski definition) is 2. The van der Waals surface area contributed by atoms with Crippen LogP contribution in [0.15, 0.2) is 18.2 Å². The normalized spacial score (nSPS) is 32.7. The molecule has 21 heavy (non-hydrogen) atoms. The van der Waals surface area contributed by atoms with Crippen molar-refractivity contribution in [3.05, 3.63) is 34.3 Å². The van der Waals surface area contributed by atoms with E-state index in [4.69, 9.17) is 16.7 Å². The van der Waals surface area contributed by atoms with Gasteiger partial charge >= 0.3 is 5.97 Å². The van der Waals surface area contributed by atoms with Crippen molar-refractivity contribution in [2.75, 3.05) is 13.1 Å². The summed E-state index contributed by atoms with van der Waals surface area (Å²) in [6.07, 6.45) is 1.46. The number of amides is 1. The van der Waals surface area contributed by atoms with Gasteiger partial charge in [-0.05, 0) is 36.0 Å². The number of aliphatic carboxylic acids is 1. The van der Waals surface area contributed by atoms with Gasteiger partial charge in [-0.3, -0.25) is 9.59 Å². The lowest BCUT2D eigenvalue weighted by atomic mass is 10.0. The fourth-order valence-corrected chi connectivity index (χ4v) is 4.36. The van der Waals surface area contributed by atoms with E-state index in [1.54, 1.807) is 4.90 Å². The molecule has 1 amide bonds. The van der Waals surface area contributed by atoms with Crippen molar-refractivity contribution in [2.45, 2.75) is 18.8 Å². The third kappa shape index (κ3) is 1.89. The Bertz CT molecular complexity index is 644. The summed E-state index contributed by atoms with van der Waals surface area (Å²) >= 11 is 6.20. The van der Waals surface area contributed by atoms with Gasteiger partial charge < -0.3 is 10.0 Å². The number of hydrogen-bond donors (Lipinski definition) is 1. The lowest BCUT2D eigenvalue weighted by Gasteiger charge is -2.17. The molecule has 1 aliphatic heterocycles. The van der Waals surface area contributed by atoms with Gasteiger partial charge in [0.05, 0.1) is 5.92 Å². The Morgan fingerprint density at radius 1 is 1.33 bits per heavy atom. The summed E-state index contributed by atoms with van der Waals surface area (Å²) in [4.78, 5) is 25.3. The van der Waals surface area contributed by atoms with Crippen LogP contribution in [0.5, 0.6) is 0 Å². The number of halogens is 1. The van der Waals surface area contributed by atoms with Crippen molar-refractivity contribution in [1.82, 2.24) is 4.90 Å². The molecular weight excluding hydrogens is 290 g/mol. The fraction of sp³-hybridized carbons (Fsp3) is 0.500. The number of nitrogens with zero attached hydrogens (tertiary/aromatic N) is 1. The molecular formula is C16H16ClNO3. The topological polar surface area (TPSA) is 57.6 Å². The summed E-state index contributed by atoms with van der Waals surface area (Å²) in [6, 6.07) is 5.92. The van der Waals surface area contributed by atoms with Gasteiger partial charge in [-0.2, -0.15) is 0 Å². The molecule has 0 radical (unpaired) electrons. The number of fused-ring (bicyclic) bond motifs is 3. The highest BCUT2D eigenvalue weighted by atomic mass is 35.5. The Labute approximate surface area is 127 Å². The van der Waals surface area contributed by atoms with Crippen LogP contribution in [0.25, 0.3) is 0 Å². The fourth-order valence-electron chi connectivity index (χ4n) is 4.10. The Morgan fingerprint density at radius 3 is 2.86 bits per heavy atom. The second kappa shape index (κ2) is 4.47. The average molecular weight is 306 g/mol. The van der Waals surface area contributed by atoms with Crippen LogP contribution in [0, 0.1) is 17.8 Å². The molecule has 0 aromatic heterocycles. The predicted octanol–water partition coefficient (Wildman–Crippen LogP) is 2.16. The minimum atomic E-state index is -0.793. The summed E-state index contributed by atoms with van der Waals surface area (Å²) in [5, 5.41) is 9.84. The molecule has 5 heteroatoms. The van der Waals surface area contributed by atoms with E-state index < -0.39 is 11.9 Å². The molecule has 1 aromatic rings. The Morgan fingerprint density at radius 2 is 2.14 bits per heavy atom. The first kappa shape index (κ1) is 13.1. The summed E-state index contributed by atoms with van der Waals surface area (Å²) in [5.74, 6) is -0.332. The highest BCUT2D eigenvalue weighted by Gasteiger charge is 2.60. The van der Waals surface area contributed by atoms with E-state index in [1.807, 2.05) is 12.1 Å². The van der Waals surface area contributed by atoms with Gasteiger partial charge in [0.15, 0.2) is 0 Å². The van der Waals surface area contributed by atoms with Gasteiger partial charge in [0.25, 0.3) is 0 Å². The molecule has 2 aliphatic carbocycles. The van der Waals surface area contributed by atoms with Gasteiger partial charge in [-0.15, -0.1) is 0 Å². The number of carbonyl (C=O) groups excluding carboxylic acids is 1. The van der Waals surface area contributed by atoms with E-state index in [1.165, 1.54) is 11.1 Å². The molecule has 4 atom stereocenters. The predicted molar refractivity (Wildman–Crippen MR) is 77.2 cm³/mol. The zero-order valence-electron chi connectivity index (χ0n) is 11.5. The highest BCUT2D eigenvalue weighted by molar-refractivity contribution is 6.31. The molecule has 1 aromatic carbocycles. The van der Waals surface area contributed by atoms with E-state index in [9.17, 15) is 9.59 Å². The molecule has 110 valence electrons. The van der Waals surface area contributed by atoms with Gasteiger partial charge in [-0.25, -0.2) is 0 Å². The van der Waals surface area contributed by atoms with E-state index in [2.05, 4.69) is 6.07 Å². The van der Waals surface area contributed by atoms with Gasteiger partial charge in [0, 0.05) is 29.9 Å². The maximum atomic E-state index is 12.6. The maximum Gasteiger partial charge on any atom is 0.308 e. The van der Waals surface area contributed by atoms with Gasteiger partial charge in [0.2, 0.25) is 5.91 Å². The average Bonchev–Trinajstić information content (AvgIpc) is 2.85. The Kier molecular flexibility index (Phi) is 2.80. The summed E-state index contributed by atoms with van der Waals surface area (Å²) < 4.78 is 0. The molecule has 0 spiro atoms. The first-order valence-electron chi connectivity index (χ1n) is 7.37. The molecule has 0 bridgehead atoms. The Balaban J connectivity index is 1.49. The van der Waals surface area contributed by atoms with Crippen LogP contribution in [0.2, 0.25) is 5.02 Å². The summed E-state index contributed by atoms with van der Waals surface area (Å²) in [6.45, 7) is 0.945. The highest BCUT2D eigenvalue weighted by Crippen LogP contribution is 2.63. The number of carbonyl (C=O) groups is 2. The number of carboxylic acid groups (broad SMARTS) is 1. The van der Waals surface area contributed by atoms with E-state index in [-0.39, 0.29) is 11.8 Å². The molecule has 2 fully saturated rings. The standard InChI is InChI=1S/C16H16ClNO3/c17-12-3-1-2-9-10(12)6-11-13(9)14(11)15(19)18-5-4-8(7-18)16(20)21/h1-3,8,11,13-14H,4-7H2,(H,20,21). The van der Waals surface area contributed by atoms with Crippen molar-refractivity contribution >= 4 is 23.5 Å². The number of carboxylic acids is 1. The van der Waals surface area contributed by atoms with Crippen molar-refractivity contribution in [1.29, 1.82) is 0 Å². The molecule has 4 rings (SSSR count). The number of rotatable bonds is 2. The largest absolute Gasteiger partial charge is 0.481 e. The zero-order chi connectivity index (χ0) is 14.7. The summed E-state index contributed by atoms with van der Waals surface area (Å²) in [7, 11) is 0. The molecule has 1 heterocycles. The van der Waals surface area contributed by atoms with Crippen molar-refractivity contribution in [3.63, 3.8) is 0 Å². The molecule has 1 saturated heterocycles. The van der Waals surface area contributed by atoms with Crippen LogP contribution < -0.4 is 0 Å². The molecule has 3 aliphatic rings. The lowest BCUT2D eigenvalue weighted by molar-refractivity contribution is -0.141. The first-order valence-corrected chi connectivity index (χ1v) is 7.74. The quantitative estimate of drug-likeness (QED) is 0.911. The van der Waals surface area contributed by atoms with E-state index in [0.717, 1.165) is 11.4 Å². The monoisotopic (exact) mass is 305 g/mol. The molecule has 1 saturated carbocycles. The van der Waals surface area contributed by atoms with E-state index >= 15 is 0 Å². The van der Waals surface area contributed by atoms with Crippen LogP contribution in [0.1, 0.15) is 23.5 Å². The van der Waals surface area contributed by atoms with E-state index in [0.29, 0.717) is 31.3 Å². The minimum Gasteiger partial charge on any atom is -0.481 e. The smallest absolute Gasteiger partial charge is 0.308 e. The second-order valence-electron chi connectivity index (χ2n) is 6.34. The van der Waals surface area contributed by atoms with Crippen LogP contribution >= 0.6 is 11.6 Å². The lowest BCUT2D eigenvalue weighted by Crippen LogP contribution is -2.32. The molecule has 4 unspecified atom stereocenters. The van der Waals surface area contributed by atoms with Crippen molar-refractivity contribution in [2.24, 2.45) is 17.8 Å². The summed E-state index contributed by atoms with van der Waals surface area (Å²) in [5.41, 5.74) is 2.42.